The Morgan fingerprint density at radius 2 is 2.33 bits per heavy atom. The summed E-state index contributed by atoms with van der Waals surface area (Å²) in [6.07, 6.45) is 0. The predicted molar refractivity (Wildman–Crippen MR) is 35.0 cm³/mol. The SMILES string of the molecule is CCNCC(C)[N+](=O)[O-]. The van der Waals surface area contributed by atoms with Gasteiger partial charge in [-0.15, -0.1) is 0 Å². The van der Waals surface area contributed by atoms with E-state index in [0.29, 0.717) is 6.54 Å². The third kappa shape index (κ3) is 3.90. The second kappa shape index (κ2) is 4.26. The van der Waals surface area contributed by atoms with E-state index in [-0.39, 0.29) is 4.92 Å². The van der Waals surface area contributed by atoms with Gasteiger partial charge in [-0.25, -0.2) is 0 Å². The lowest BCUT2D eigenvalue weighted by Crippen LogP contribution is -2.30. The van der Waals surface area contributed by atoms with Crippen LogP contribution in [-0.2, 0) is 0 Å². The first-order valence-electron chi connectivity index (χ1n) is 3.02. The van der Waals surface area contributed by atoms with Crippen LogP contribution in [0.3, 0.4) is 0 Å². The van der Waals surface area contributed by atoms with Gasteiger partial charge in [-0.2, -0.15) is 0 Å². The highest BCUT2D eigenvalue weighted by atomic mass is 16.6. The lowest BCUT2D eigenvalue weighted by Gasteiger charge is -2.01. The molecular formula is C5H12N2O2. The van der Waals surface area contributed by atoms with Gasteiger partial charge in [-0.3, -0.25) is 10.1 Å². The number of nitro groups is 1. The topological polar surface area (TPSA) is 55.2 Å². The second-order valence-corrected chi connectivity index (χ2v) is 1.94. The van der Waals surface area contributed by atoms with Crippen molar-refractivity contribution in [1.29, 1.82) is 0 Å². The van der Waals surface area contributed by atoms with Crippen molar-refractivity contribution < 1.29 is 4.92 Å². The van der Waals surface area contributed by atoms with Crippen molar-refractivity contribution in [2.45, 2.75) is 19.9 Å². The van der Waals surface area contributed by atoms with Crippen LogP contribution in [0.15, 0.2) is 0 Å². The summed E-state index contributed by atoms with van der Waals surface area (Å²) in [5.74, 6) is 0. The van der Waals surface area contributed by atoms with Gasteiger partial charge in [-0.05, 0) is 6.54 Å². The number of likely N-dealkylation sites (N-methyl/N-ethyl adjacent to an activating group) is 1. The van der Waals surface area contributed by atoms with E-state index in [9.17, 15) is 10.1 Å². The van der Waals surface area contributed by atoms with E-state index in [0.717, 1.165) is 6.54 Å². The third-order valence-electron chi connectivity index (χ3n) is 1.05. The van der Waals surface area contributed by atoms with Gasteiger partial charge in [0.1, 0.15) is 0 Å². The standard InChI is InChI=1S/C5H12N2O2/c1-3-6-4-5(2)7(8)9/h5-6H,3-4H2,1-2H3. The van der Waals surface area contributed by atoms with Gasteiger partial charge in [0.05, 0.1) is 6.54 Å². The minimum atomic E-state index is -0.468. The molecule has 0 amide bonds. The summed E-state index contributed by atoms with van der Waals surface area (Å²) in [4.78, 5) is 9.68. The normalized spacial score (nSPS) is 13.1. The molecule has 0 fully saturated rings. The Kier molecular flexibility index (Phi) is 3.96. The van der Waals surface area contributed by atoms with E-state index in [4.69, 9.17) is 0 Å². The number of nitrogens with one attached hydrogen (secondary N) is 1. The Morgan fingerprint density at radius 1 is 1.78 bits per heavy atom. The smallest absolute Gasteiger partial charge is 0.222 e. The first kappa shape index (κ1) is 8.36. The van der Waals surface area contributed by atoms with E-state index < -0.39 is 6.04 Å². The van der Waals surface area contributed by atoms with E-state index in [2.05, 4.69) is 5.32 Å². The van der Waals surface area contributed by atoms with Crippen LogP contribution in [0, 0.1) is 10.1 Å². The molecule has 0 rings (SSSR count). The summed E-state index contributed by atoms with van der Waals surface area (Å²) in [7, 11) is 0. The molecule has 0 aromatic heterocycles. The molecule has 0 radical (unpaired) electrons. The molecule has 0 aromatic carbocycles. The predicted octanol–water partition coefficient (Wildman–Crippen LogP) is 0.261. The highest BCUT2D eigenvalue weighted by Gasteiger charge is 2.09. The first-order chi connectivity index (χ1) is 4.18. The van der Waals surface area contributed by atoms with Crippen molar-refractivity contribution in [3.05, 3.63) is 10.1 Å². The van der Waals surface area contributed by atoms with Crippen LogP contribution in [-0.4, -0.2) is 24.1 Å². The zero-order valence-electron chi connectivity index (χ0n) is 5.76. The first-order valence-corrected chi connectivity index (χ1v) is 3.02. The summed E-state index contributed by atoms with van der Waals surface area (Å²) in [5, 5.41) is 12.9. The lowest BCUT2D eigenvalue weighted by molar-refractivity contribution is -0.515. The van der Waals surface area contributed by atoms with Crippen molar-refractivity contribution in [2.24, 2.45) is 0 Å². The van der Waals surface area contributed by atoms with E-state index in [1.807, 2.05) is 6.92 Å². The summed E-state index contributed by atoms with van der Waals surface area (Å²) >= 11 is 0. The van der Waals surface area contributed by atoms with Crippen molar-refractivity contribution in [3.8, 4) is 0 Å². The van der Waals surface area contributed by atoms with Crippen molar-refractivity contribution >= 4 is 0 Å². The molecule has 0 saturated carbocycles. The zero-order valence-corrected chi connectivity index (χ0v) is 5.76. The summed E-state index contributed by atoms with van der Waals surface area (Å²) in [5.41, 5.74) is 0. The van der Waals surface area contributed by atoms with Gasteiger partial charge in [0.15, 0.2) is 0 Å². The Balaban J connectivity index is 3.27. The monoisotopic (exact) mass is 132 g/mol. The summed E-state index contributed by atoms with van der Waals surface area (Å²) in [6.45, 7) is 4.76. The lowest BCUT2D eigenvalue weighted by atomic mass is 10.3. The number of hydrogen-bond donors (Lipinski definition) is 1. The van der Waals surface area contributed by atoms with Crippen LogP contribution in [0.25, 0.3) is 0 Å². The van der Waals surface area contributed by atoms with Crippen LogP contribution in [0.1, 0.15) is 13.8 Å². The fourth-order valence-electron chi connectivity index (χ4n) is 0.428. The molecule has 0 aromatic rings. The highest BCUT2D eigenvalue weighted by molar-refractivity contribution is 4.50. The molecule has 0 spiro atoms. The number of rotatable bonds is 4. The van der Waals surface area contributed by atoms with E-state index >= 15 is 0 Å². The molecule has 0 aliphatic heterocycles. The Labute approximate surface area is 54.4 Å². The van der Waals surface area contributed by atoms with Crippen LogP contribution in [0.4, 0.5) is 0 Å². The fourth-order valence-corrected chi connectivity index (χ4v) is 0.428. The van der Waals surface area contributed by atoms with Crippen LogP contribution < -0.4 is 5.32 Å². The molecule has 0 aliphatic carbocycles. The van der Waals surface area contributed by atoms with Crippen LogP contribution in [0.2, 0.25) is 0 Å². The van der Waals surface area contributed by atoms with Gasteiger partial charge < -0.3 is 5.32 Å². The molecule has 0 aliphatic rings. The maximum atomic E-state index is 9.97. The molecular weight excluding hydrogens is 120 g/mol. The Bertz CT molecular complexity index is 95.0. The minimum Gasteiger partial charge on any atom is -0.311 e. The molecule has 0 heterocycles. The van der Waals surface area contributed by atoms with E-state index in [1.54, 1.807) is 6.92 Å². The van der Waals surface area contributed by atoms with Crippen molar-refractivity contribution in [3.63, 3.8) is 0 Å². The molecule has 54 valence electrons. The minimum absolute atomic E-state index is 0.289. The maximum absolute atomic E-state index is 9.97. The summed E-state index contributed by atoms with van der Waals surface area (Å²) in [6, 6.07) is -0.468. The number of nitrogens with zero attached hydrogens (tertiary/aromatic N) is 1. The molecule has 1 unspecified atom stereocenters. The Morgan fingerprint density at radius 3 is 2.67 bits per heavy atom. The van der Waals surface area contributed by atoms with Crippen LogP contribution in [0.5, 0.6) is 0 Å². The molecule has 4 nitrogen and oxygen atoms in total. The average Bonchev–Trinajstić information content (AvgIpc) is 1.82. The van der Waals surface area contributed by atoms with Crippen molar-refractivity contribution in [1.82, 2.24) is 5.32 Å². The fraction of sp³-hybridized carbons (Fsp3) is 1.00. The largest absolute Gasteiger partial charge is 0.311 e. The van der Waals surface area contributed by atoms with Gasteiger partial charge in [0.25, 0.3) is 0 Å². The maximum Gasteiger partial charge on any atom is 0.222 e. The highest BCUT2D eigenvalue weighted by Crippen LogP contribution is 1.83. The van der Waals surface area contributed by atoms with E-state index in [1.165, 1.54) is 0 Å². The van der Waals surface area contributed by atoms with Gasteiger partial charge in [-0.1, -0.05) is 6.92 Å². The molecule has 9 heavy (non-hydrogen) atoms. The van der Waals surface area contributed by atoms with Gasteiger partial charge in [0.2, 0.25) is 6.04 Å². The third-order valence-corrected chi connectivity index (χ3v) is 1.05. The second-order valence-electron chi connectivity index (χ2n) is 1.94. The zero-order chi connectivity index (χ0) is 7.28. The molecule has 4 heteroatoms. The molecule has 1 atom stereocenters. The molecule has 1 N–H and O–H groups in total. The average molecular weight is 132 g/mol. The number of hydrogen-bond acceptors (Lipinski definition) is 3. The molecule has 0 bridgehead atoms. The summed E-state index contributed by atoms with van der Waals surface area (Å²) < 4.78 is 0. The Hall–Kier alpha value is -0.640. The van der Waals surface area contributed by atoms with Gasteiger partial charge >= 0.3 is 0 Å². The van der Waals surface area contributed by atoms with Gasteiger partial charge in [0, 0.05) is 11.8 Å². The molecule has 0 saturated heterocycles. The quantitative estimate of drug-likeness (QED) is 0.441. The van der Waals surface area contributed by atoms with Crippen LogP contribution >= 0.6 is 0 Å². The van der Waals surface area contributed by atoms with Crippen molar-refractivity contribution in [2.75, 3.05) is 13.1 Å².